The highest BCUT2D eigenvalue weighted by molar-refractivity contribution is 5.97. The van der Waals surface area contributed by atoms with Crippen molar-refractivity contribution < 1.29 is 4.79 Å². The summed E-state index contributed by atoms with van der Waals surface area (Å²) in [7, 11) is 0. The molecule has 0 spiro atoms. The van der Waals surface area contributed by atoms with Gasteiger partial charge in [-0.2, -0.15) is 0 Å². The fourth-order valence-electron chi connectivity index (χ4n) is 1.60. The molecule has 0 saturated heterocycles. The first-order valence-corrected chi connectivity index (χ1v) is 4.33. The van der Waals surface area contributed by atoms with Crippen LogP contribution in [0.2, 0.25) is 0 Å². The minimum atomic E-state index is 0.494. The van der Waals surface area contributed by atoms with Crippen LogP contribution in [0, 0.1) is 12.3 Å². The van der Waals surface area contributed by atoms with Gasteiger partial charge in [0.05, 0.1) is 6.54 Å². The number of hydrogen-bond acceptors (Lipinski definition) is 1. The minimum absolute atomic E-state index is 0.494. The second kappa shape index (κ2) is 3.39. The zero-order valence-corrected chi connectivity index (χ0v) is 7.60. The summed E-state index contributed by atoms with van der Waals surface area (Å²) in [5, 5.41) is 0.956. The highest BCUT2D eigenvalue weighted by Gasteiger charge is 2.05. The first kappa shape index (κ1) is 8.58. The van der Waals surface area contributed by atoms with Crippen molar-refractivity contribution in [1.29, 1.82) is 0 Å². The summed E-state index contributed by atoms with van der Waals surface area (Å²) in [6.45, 7) is 0.494. The van der Waals surface area contributed by atoms with Gasteiger partial charge in [-0.3, -0.25) is 4.79 Å². The number of terminal acetylenes is 1. The Hall–Kier alpha value is -2.01. The van der Waals surface area contributed by atoms with Gasteiger partial charge in [0.25, 0.3) is 0 Å². The van der Waals surface area contributed by atoms with Crippen LogP contribution < -0.4 is 0 Å². The van der Waals surface area contributed by atoms with E-state index >= 15 is 0 Å². The molecule has 0 fully saturated rings. The Bertz CT molecular complexity index is 517. The summed E-state index contributed by atoms with van der Waals surface area (Å²) >= 11 is 0. The molecular weight excluding hydrogens is 174 g/mol. The van der Waals surface area contributed by atoms with E-state index < -0.39 is 0 Å². The van der Waals surface area contributed by atoms with Crippen LogP contribution in [0.5, 0.6) is 0 Å². The van der Waals surface area contributed by atoms with Crippen molar-refractivity contribution in [1.82, 2.24) is 4.57 Å². The van der Waals surface area contributed by atoms with Crippen LogP contribution in [0.4, 0.5) is 0 Å². The molecule has 0 amide bonds. The molecule has 0 radical (unpaired) electrons. The van der Waals surface area contributed by atoms with Crippen molar-refractivity contribution >= 4 is 17.2 Å². The Kier molecular flexibility index (Phi) is 2.08. The largest absolute Gasteiger partial charge is 0.335 e. The van der Waals surface area contributed by atoms with Crippen molar-refractivity contribution in [2.24, 2.45) is 0 Å². The van der Waals surface area contributed by atoms with Crippen LogP contribution in [0.1, 0.15) is 10.4 Å². The maximum Gasteiger partial charge on any atom is 0.152 e. The Morgan fingerprint density at radius 1 is 1.43 bits per heavy atom. The third kappa shape index (κ3) is 1.20. The van der Waals surface area contributed by atoms with Crippen LogP contribution >= 0.6 is 0 Å². The monoisotopic (exact) mass is 183 g/mol. The second-order valence-electron chi connectivity index (χ2n) is 3.05. The number of aldehydes is 1. The van der Waals surface area contributed by atoms with Gasteiger partial charge in [-0.1, -0.05) is 24.1 Å². The molecule has 68 valence electrons. The van der Waals surface area contributed by atoms with Crippen LogP contribution in [0.15, 0.2) is 30.5 Å². The lowest BCUT2D eigenvalue weighted by Gasteiger charge is -1.97. The maximum absolute atomic E-state index is 10.8. The summed E-state index contributed by atoms with van der Waals surface area (Å²) in [6, 6.07) is 7.73. The molecule has 1 aromatic heterocycles. The van der Waals surface area contributed by atoms with E-state index in [4.69, 9.17) is 6.42 Å². The number of benzene rings is 1. The number of rotatable bonds is 2. The maximum atomic E-state index is 10.8. The Morgan fingerprint density at radius 2 is 2.21 bits per heavy atom. The van der Waals surface area contributed by atoms with Gasteiger partial charge in [0.2, 0.25) is 0 Å². The van der Waals surface area contributed by atoms with Crippen LogP contribution in [-0.4, -0.2) is 10.9 Å². The normalized spacial score (nSPS) is 9.93. The molecule has 0 aliphatic heterocycles. The summed E-state index contributed by atoms with van der Waals surface area (Å²) in [5.41, 5.74) is 1.70. The zero-order valence-electron chi connectivity index (χ0n) is 7.60. The number of fused-ring (bicyclic) bond motifs is 1. The summed E-state index contributed by atoms with van der Waals surface area (Å²) in [6.07, 6.45) is 7.89. The number of nitrogens with zero attached hydrogens (tertiary/aromatic N) is 1. The lowest BCUT2D eigenvalue weighted by Crippen LogP contribution is -1.91. The van der Waals surface area contributed by atoms with Gasteiger partial charge < -0.3 is 4.57 Å². The Morgan fingerprint density at radius 3 is 2.93 bits per heavy atom. The standard InChI is InChI=1S/C12H9NO/c1-2-7-13-8-10(9-14)11-5-3-4-6-12(11)13/h1,3-6,8-9H,7H2. The lowest BCUT2D eigenvalue weighted by atomic mass is 10.2. The van der Waals surface area contributed by atoms with Crippen molar-refractivity contribution in [3.8, 4) is 12.3 Å². The summed E-state index contributed by atoms with van der Waals surface area (Å²) in [5.74, 6) is 2.56. The fraction of sp³-hybridized carbons (Fsp3) is 0.0833. The SMILES string of the molecule is C#CCn1cc(C=O)c2ccccc21. The Balaban J connectivity index is 2.74. The molecule has 14 heavy (non-hydrogen) atoms. The molecule has 2 aromatic rings. The van der Waals surface area contributed by atoms with Gasteiger partial charge in [-0.25, -0.2) is 0 Å². The molecule has 0 atom stereocenters. The van der Waals surface area contributed by atoms with Crippen molar-refractivity contribution in [2.45, 2.75) is 6.54 Å². The molecular formula is C12H9NO. The van der Waals surface area contributed by atoms with E-state index in [0.717, 1.165) is 17.2 Å². The van der Waals surface area contributed by atoms with Gasteiger partial charge >= 0.3 is 0 Å². The van der Waals surface area contributed by atoms with Crippen molar-refractivity contribution in [3.05, 3.63) is 36.0 Å². The Labute approximate surface area is 82.2 Å². The van der Waals surface area contributed by atoms with E-state index in [1.807, 2.05) is 28.8 Å². The minimum Gasteiger partial charge on any atom is -0.335 e. The van der Waals surface area contributed by atoms with Crippen LogP contribution in [-0.2, 0) is 6.54 Å². The third-order valence-corrected chi connectivity index (χ3v) is 2.21. The van der Waals surface area contributed by atoms with E-state index in [2.05, 4.69) is 5.92 Å². The first-order valence-electron chi connectivity index (χ1n) is 4.33. The number of para-hydroxylation sites is 1. The molecule has 0 N–H and O–H groups in total. The van der Waals surface area contributed by atoms with Gasteiger partial charge in [0, 0.05) is 22.7 Å². The number of carbonyl (C=O) groups is 1. The molecule has 1 heterocycles. The van der Waals surface area contributed by atoms with E-state index in [0.29, 0.717) is 12.1 Å². The van der Waals surface area contributed by atoms with E-state index in [1.54, 1.807) is 6.20 Å². The van der Waals surface area contributed by atoms with Crippen molar-refractivity contribution in [2.75, 3.05) is 0 Å². The molecule has 2 heteroatoms. The predicted octanol–water partition coefficient (Wildman–Crippen LogP) is 2.09. The predicted molar refractivity (Wildman–Crippen MR) is 56.2 cm³/mol. The summed E-state index contributed by atoms with van der Waals surface area (Å²) < 4.78 is 1.90. The van der Waals surface area contributed by atoms with Crippen LogP contribution in [0.3, 0.4) is 0 Å². The topological polar surface area (TPSA) is 22.0 Å². The lowest BCUT2D eigenvalue weighted by molar-refractivity contribution is 0.112. The quantitative estimate of drug-likeness (QED) is 0.516. The highest BCUT2D eigenvalue weighted by atomic mass is 16.1. The second-order valence-corrected chi connectivity index (χ2v) is 3.05. The van der Waals surface area contributed by atoms with Gasteiger partial charge in [-0.15, -0.1) is 6.42 Å². The summed E-state index contributed by atoms with van der Waals surface area (Å²) in [4.78, 5) is 10.8. The van der Waals surface area contributed by atoms with E-state index in [9.17, 15) is 4.79 Å². The number of hydrogen-bond donors (Lipinski definition) is 0. The van der Waals surface area contributed by atoms with Gasteiger partial charge in [0.1, 0.15) is 0 Å². The highest BCUT2D eigenvalue weighted by Crippen LogP contribution is 2.19. The number of carbonyl (C=O) groups excluding carboxylic acids is 1. The van der Waals surface area contributed by atoms with Crippen molar-refractivity contribution in [3.63, 3.8) is 0 Å². The molecule has 0 saturated carbocycles. The first-order chi connectivity index (χ1) is 6.86. The van der Waals surface area contributed by atoms with Crippen LogP contribution in [0.25, 0.3) is 10.9 Å². The molecule has 2 nitrogen and oxygen atoms in total. The molecule has 0 bridgehead atoms. The fourth-order valence-corrected chi connectivity index (χ4v) is 1.60. The molecule has 0 unspecified atom stereocenters. The zero-order chi connectivity index (χ0) is 9.97. The average molecular weight is 183 g/mol. The average Bonchev–Trinajstić information content (AvgIpc) is 2.58. The van der Waals surface area contributed by atoms with E-state index in [-0.39, 0.29) is 0 Å². The molecule has 2 rings (SSSR count). The smallest absolute Gasteiger partial charge is 0.152 e. The molecule has 0 aliphatic carbocycles. The number of aromatic nitrogens is 1. The third-order valence-electron chi connectivity index (χ3n) is 2.21. The van der Waals surface area contributed by atoms with Gasteiger partial charge in [-0.05, 0) is 6.07 Å². The van der Waals surface area contributed by atoms with Gasteiger partial charge in [0.15, 0.2) is 6.29 Å². The van der Waals surface area contributed by atoms with E-state index in [1.165, 1.54) is 0 Å². The molecule has 0 aliphatic rings. The molecule has 1 aromatic carbocycles.